The van der Waals surface area contributed by atoms with Crippen molar-refractivity contribution >= 4 is 17.3 Å². The number of hydrogen-bond donors (Lipinski definition) is 1. The van der Waals surface area contributed by atoms with E-state index in [0.717, 1.165) is 29.8 Å². The second kappa shape index (κ2) is 5.13. The molecule has 19 heavy (non-hydrogen) atoms. The van der Waals surface area contributed by atoms with Crippen molar-refractivity contribution in [3.05, 3.63) is 51.0 Å². The van der Waals surface area contributed by atoms with E-state index in [1.807, 2.05) is 6.07 Å². The van der Waals surface area contributed by atoms with Gasteiger partial charge >= 0.3 is 5.97 Å². The Balaban J connectivity index is 1.83. The summed E-state index contributed by atoms with van der Waals surface area (Å²) in [6.07, 6.45) is 5.50. The molecule has 0 spiro atoms. The third-order valence-corrected chi connectivity index (χ3v) is 4.58. The lowest BCUT2D eigenvalue weighted by molar-refractivity contribution is 0.0697. The predicted octanol–water partition coefficient (Wildman–Crippen LogP) is 3.31. The summed E-state index contributed by atoms with van der Waals surface area (Å²) in [7, 11) is 0. The van der Waals surface area contributed by atoms with Gasteiger partial charge in [0.2, 0.25) is 0 Å². The number of carboxylic acids is 1. The predicted molar refractivity (Wildman–Crippen MR) is 75.0 cm³/mol. The zero-order valence-electron chi connectivity index (χ0n) is 10.6. The Labute approximate surface area is 115 Å². The van der Waals surface area contributed by atoms with Gasteiger partial charge in [0, 0.05) is 11.3 Å². The minimum absolute atomic E-state index is 0.346. The van der Waals surface area contributed by atoms with Gasteiger partial charge in [0.1, 0.15) is 0 Å². The van der Waals surface area contributed by atoms with Crippen LogP contribution >= 0.6 is 11.3 Å². The number of nitrogens with zero attached hydrogens (tertiary/aromatic N) is 1. The molecule has 0 fully saturated rings. The molecule has 1 aromatic carbocycles. The number of thiazole rings is 1. The zero-order valence-corrected chi connectivity index (χ0v) is 11.4. The van der Waals surface area contributed by atoms with Gasteiger partial charge < -0.3 is 5.11 Å². The van der Waals surface area contributed by atoms with Gasteiger partial charge in [-0.15, -0.1) is 11.3 Å². The number of rotatable bonds is 3. The van der Waals surface area contributed by atoms with Crippen LogP contribution in [0.3, 0.4) is 0 Å². The van der Waals surface area contributed by atoms with Crippen LogP contribution in [0, 0.1) is 0 Å². The van der Waals surface area contributed by atoms with Crippen LogP contribution in [0.4, 0.5) is 0 Å². The molecule has 1 heterocycles. The van der Waals surface area contributed by atoms with E-state index >= 15 is 0 Å². The monoisotopic (exact) mass is 273 g/mol. The lowest BCUT2D eigenvalue weighted by Crippen LogP contribution is -1.99. The third-order valence-electron chi connectivity index (χ3n) is 3.42. The van der Waals surface area contributed by atoms with Gasteiger partial charge in [0.15, 0.2) is 0 Å². The van der Waals surface area contributed by atoms with Crippen LogP contribution in [0.25, 0.3) is 0 Å². The average Bonchev–Trinajstić information content (AvgIpc) is 2.81. The Kier molecular flexibility index (Phi) is 3.34. The standard InChI is InChI=1S/C15H15NO2S/c17-15(18)11-5-3-4-10(8-11)9-14-16-12-6-1-2-7-13(12)19-14/h3-5,8H,1-2,6-7,9H2,(H,17,18). The minimum atomic E-state index is -0.875. The maximum atomic E-state index is 11.0. The highest BCUT2D eigenvalue weighted by Crippen LogP contribution is 2.28. The summed E-state index contributed by atoms with van der Waals surface area (Å²) in [4.78, 5) is 17.1. The zero-order chi connectivity index (χ0) is 13.2. The van der Waals surface area contributed by atoms with Crippen molar-refractivity contribution in [2.75, 3.05) is 0 Å². The number of carbonyl (C=O) groups is 1. The molecule has 0 saturated carbocycles. The summed E-state index contributed by atoms with van der Waals surface area (Å²) in [6, 6.07) is 7.13. The molecule has 2 aromatic rings. The molecular formula is C15H15NO2S. The fraction of sp³-hybridized carbons (Fsp3) is 0.333. The molecule has 98 valence electrons. The lowest BCUT2D eigenvalue weighted by Gasteiger charge is -2.06. The van der Waals surface area contributed by atoms with Crippen LogP contribution in [0.15, 0.2) is 24.3 Å². The topological polar surface area (TPSA) is 50.2 Å². The van der Waals surface area contributed by atoms with E-state index in [1.165, 1.54) is 23.4 Å². The summed E-state index contributed by atoms with van der Waals surface area (Å²) >= 11 is 1.79. The number of carboxylic acid groups (broad SMARTS) is 1. The average molecular weight is 273 g/mol. The molecule has 1 aliphatic carbocycles. The molecule has 0 bridgehead atoms. The van der Waals surface area contributed by atoms with Gasteiger partial charge in [-0.05, 0) is 43.4 Å². The van der Waals surface area contributed by atoms with Crippen LogP contribution in [0.1, 0.15) is 44.3 Å². The second-order valence-electron chi connectivity index (χ2n) is 4.87. The Morgan fingerprint density at radius 3 is 2.95 bits per heavy atom. The largest absolute Gasteiger partial charge is 0.478 e. The van der Waals surface area contributed by atoms with Crippen LogP contribution < -0.4 is 0 Å². The summed E-state index contributed by atoms with van der Waals surface area (Å²) in [6.45, 7) is 0. The fourth-order valence-electron chi connectivity index (χ4n) is 2.47. The van der Waals surface area contributed by atoms with Crippen molar-refractivity contribution < 1.29 is 9.90 Å². The van der Waals surface area contributed by atoms with Crippen LogP contribution in [-0.2, 0) is 19.3 Å². The first kappa shape index (κ1) is 12.4. The molecule has 1 aromatic heterocycles. The van der Waals surface area contributed by atoms with Crippen molar-refractivity contribution in [2.24, 2.45) is 0 Å². The van der Waals surface area contributed by atoms with Gasteiger partial charge in [0.05, 0.1) is 16.3 Å². The van der Waals surface area contributed by atoms with E-state index < -0.39 is 5.97 Å². The van der Waals surface area contributed by atoms with Crippen LogP contribution in [0.2, 0.25) is 0 Å². The van der Waals surface area contributed by atoms with Gasteiger partial charge in [-0.1, -0.05) is 12.1 Å². The number of aromatic carboxylic acids is 1. The fourth-order valence-corrected chi connectivity index (χ4v) is 3.66. The van der Waals surface area contributed by atoms with Crippen molar-refractivity contribution in [3.63, 3.8) is 0 Å². The van der Waals surface area contributed by atoms with Gasteiger partial charge in [0.25, 0.3) is 0 Å². The summed E-state index contributed by atoms with van der Waals surface area (Å²) in [5.74, 6) is -0.875. The molecule has 3 nitrogen and oxygen atoms in total. The molecule has 0 saturated heterocycles. The molecule has 0 aliphatic heterocycles. The van der Waals surface area contributed by atoms with Crippen molar-refractivity contribution in [2.45, 2.75) is 32.1 Å². The Hall–Kier alpha value is -1.68. The maximum absolute atomic E-state index is 11.0. The van der Waals surface area contributed by atoms with E-state index in [9.17, 15) is 4.79 Å². The first-order valence-corrected chi connectivity index (χ1v) is 7.34. The summed E-state index contributed by atoms with van der Waals surface area (Å²) < 4.78 is 0. The molecule has 0 radical (unpaired) electrons. The van der Waals surface area contributed by atoms with E-state index in [-0.39, 0.29) is 0 Å². The number of benzene rings is 1. The third kappa shape index (κ3) is 2.68. The van der Waals surface area contributed by atoms with E-state index in [0.29, 0.717) is 5.56 Å². The Morgan fingerprint density at radius 1 is 1.32 bits per heavy atom. The molecule has 0 unspecified atom stereocenters. The highest BCUT2D eigenvalue weighted by atomic mass is 32.1. The molecule has 3 rings (SSSR count). The van der Waals surface area contributed by atoms with Crippen molar-refractivity contribution in [1.82, 2.24) is 4.98 Å². The first-order valence-electron chi connectivity index (χ1n) is 6.52. The Bertz CT molecular complexity index is 595. The highest BCUT2D eigenvalue weighted by Gasteiger charge is 2.15. The number of aromatic nitrogens is 1. The van der Waals surface area contributed by atoms with Crippen molar-refractivity contribution in [3.8, 4) is 0 Å². The van der Waals surface area contributed by atoms with Crippen LogP contribution in [-0.4, -0.2) is 16.1 Å². The van der Waals surface area contributed by atoms with Crippen LogP contribution in [0.5, 0.6) is 0 Å². The molecule has 1 N–H and O–H groups in total. The van der Waals surface area contributed by atoms with Crippen molar-refractivity contribution in [1.29, 1.82) is 0 Å². The van der Waals surface area contributed by atoms with Gasteiger partial charge in [-0.25, -0.2) is 9.78 Å². The second-order valence-corrected chi connectivity index (χ2v) is 6.04. The van der Waals surface area contributed by atoms with E-state index in [4.69, 9.17) is 10.1 Å². The molecule has 1 aliphatic rings. The smallest absolute Gasteiger partial charge is 0.335 e. The molecule has 0 atom stereocenters. The summed E-state index contributed by atoms with van der Waals surface area (Å²) in [5, 5.41) is 10.1. The quantitative estimate of drug-likeness (QED) is 0.933. The number of fused-ring (bicyclic) bond motifs is 1. The number of aryl methyl sites for hydroxylation is 2. The maximum Gasteiger partial charge on any atom is 0.335 e. The van der Waals surface area contributed by atoms with Gasteiger partial charge in [-0.2, -0.15) is 0 Å². The summed E-state index contributed by atoms with van der Waals surface area (Å²) in [5.41, 5.74) is 2.63. The molecule has 0 amide bonds. The number of hydrogen-bond acceptors (Lipinski definition) is 3. The lowest BCUT2D eigenvalue weighted by atomic mass is 10.0. The molecular weight excluding hydrogens is 258 g/mol. The minimum Gasteiger partial charge on any atom is -0.478 e. The SMILES string of the molecule is O=C(O)c1cccc(Cc2nc3c(s2)CCCC3)c1. The highest BCUT2D eigenvalue weighted by molar-refractivity contribution is 7.11. The Morgan fingerprint density at radius 2 is 2.16 bits per heavy atom. The first-order chi connectivity index (χ1) is 9.22. The van der Waals surface area contributed by atoms with E-state index in [2.05, 4.69) is 0 Å². The molecule has 4 heteroatoms. The van der Waals surface area contributed by atoms with Gasteiger partial charge in [-0.3, -0.25) is 0 Å². The normalized spacial score (nSPS) is 14.1. The van der Waals surface area contributed by atoms with E-state index in [1.54, 1.807) is 29.5 Å².